The predicted molar refractivity (Wildman–Crippen MR) is 90.6 cm³/mol. The summed E-state index contributed by atoms with van der Waals surface area (Å²) < 4.78 is 42.3. The number of rotatable bonds is 5. The minimum atomic E-state index is -3.02. The summed E-state index contributed by atoms with van der Waals surface area (Å²) in [6.07, 6.45) is 1.12. The second-order valence-corrected chi connectivity index (χ2v) is 5.91. The zero-order chi connectivity index (χ0) is 18.8. The molecule has 8 nitrogen and oxygen atoms in total. The SMILES string of the molecule is CCc1nc2c(OC(F)F)ccc(OC(=O)Nc3c(Br)cnn3C)c2o1. The van der Waals surface area contributed by atoms with Crippen molar-refractivity contribution in [2.45, 2.75) is 20.0 Å². The quantitative estimate of drug-likeness (QED) is 0.654. The van der Waals surface area contributed by atoms with E-state index >= 15 is 0 Å². The molecule has 26 heavy (non-hydrogen) atoms. The standard InChI is InChI=1S/C15H13BrF2N4O4/c1-3-10-20-11-8(24-14(17)18)4-5-9(12(11)26-10)25-15(23)21-13-7(16)6-19-22(13)2/h4-6,14H,3H2,1-2H3,(H,21,23). The zero-order valence-electron chi connectivity index (χ0n) is 13.6. The lowest BCUT2D eigenvalue weighted by Crippen LogP contribution is -2.19. The number of nitrogens with zero attached hydrogens (tertiary/aromatic N) is 3. The normalized spacial score (nSPS) is 11.2. The third-order valence-corrected chi connectivity index (χ3v) is 3.93. The van der Waals surface area contributed by atoms with Gasteiger partial charge in [0.05, 0.1) is 10.7 Å². The summed E-state index contributed by atoms with van der Waals surface area (Å²) in [7, 11) is 1.64. The lowest BCUT2D eigenvalue weighted by molar-refractivity contribution is -0.0489. The Morgan fingerprint density at radius 3 is 2.77 bits per heavy atom. The topological polar surface area (TPSA) is 91.4 Å². The van der Waals surface area contributed by atoms with Gasteiger partial charge in [-0.2, -0.15) is 13.9 Å². The van der Waals surface area contributed by atoms with E-state index < -0.39 is 12.7 Å². The average Bonchev–Trinajstić information content (AvgIpc) is 3.16. The summed E-state index contributed by atoms with van der Waals surface area (Å²) in [5.41, 5.74) is 0.0911. The molecule has 0 fully saturated rings. The van der Waals surface area contributed by atoms with E-state index in [0.29, 0.717) is 22.6 Å². The van der Waals surface area contributed by atoms with Crippen molar-refractivity contribution in [2.75, 3.05) is 5.32 Å². The number of hydrogen-bond acceptors (Lipinski definition) is 6. The number of nitrogens with one attached hydrogen (secondary N) is 1. The summed E-state index contributed by atoms with van der Waals surface area (Å²) in [4.78, 5) is 16.3. The maximum absolute atomic E-state index is 12.5. The summed E-state index contributed by atoms with van der Waals surface area (Å²) >= 11 is 3.25. The van der Waals surface area contributed by atoms with Crippen molar-refractivity contribution in [3.8, 4) is 11.5 Å². The second-order valence-electron chi connectivity index (χ2n) is 5.06. The van der Waals surface area contributed by atoms with Gasteiger partial charge in [-0.1, -0.05) is 6.92 Å². The monoisotopic (exact) mass is 430 g/mol. The molecule has 0 aliphatic carbocycles. The van der Waals surface area contributed by atoms with E-state index in [-0.39, 0.29) is 22.6 Å². The van der Waals surface area contributed by atoms with Crippen LogP contribution in [0.5, 0.6) is 11.5 Å². The molecule has 0 unspecified atom stereocenters. The van der Waals surface area contributed by atoms with E-state index in [4.69, 9.17) is 9.15 Å². The van der Waals surface area contributed by atoms with Gasteiger partial charge in [-0.05, 0) is 28.1 Å². The number of alkyl halides is 2. The number of halogens is 3. The highest BCUT2D eigenvalue weighted by Gasteiger charge is 2.20. The maximum atomic E-state index is 12.5. The summed E-state index contributed by atoms with van der Waals surface area (Å²) in [6, 6.07) is 2.53. The lowest BCUT2D eigenvalue weighted by atomic mass is 10.3. The largest absolute Gasteiger partial charge is 0.437 e. The first-order chi connectivity index (χ1) is 12.4. The first kappa shape index (κ1) is 18.1. The van der Waals surface area contributed by atoms with Crippen molar-refractivity contribution in [2.24, 2.45) is 7.05 Å². The number of amides is 1. The van der Waals surface area contributed by atoms with Crippen LogP contribution in [0.15, 0.2) is 27.2 Å². The molecule has 138 valence electrons. The van der Waals surface area contributed by atoms with Crippen LogP contribution in [-0.2, 0) is 13.5 Å². The number of carbonyl (C=O) groups is 1. The Bertz CT molecular complexity index is 937. The van der Waals surface area contributed by atoms with E-state index in [1.54, 1.807) is 14.0 Å². The van der Waals surface area contributed by atoms with Gasteiger partial charge in [0, 0.05) is 13.5 Å². The van der Waals surface area contributed by atoms with E-state index in [0.717, 1.165) is 0 Å². The number of ether oxygens (including phenoxy) is 2. The number of aryl methyl sites for hydroxylation is 2. The molecule has 0 saturated carbocycles. The van der Waals surface area contributed by atoms with Gasteiger partial charge in [0.1, 0.15) is 5.82 Å². The Morgan fingerprint density at radius 1 is 1.42 bits per heavy atom. The summed E-state index contributed by atoms with van der Waals surface area (Å²) in [5.74, 6) is 0.533. The van der Waals surface area contributed by atoms with Crippen LogP contribution < -0.4 is 14.8 Å². The molecule has 3 rings (SSSR count). The highest BCUT2D eigenvalue weighted by atomic mass is 79.9. The Morgan fingerprint density at radius 2 is 2.15 bits per heavy atom. The number of benzene rings is 1. The highest BCUT2D eigenvalue weighted by Crippen LogP contribution is 2.35. The van der Waals surface area contributed by atoms with Crippen LogP contribution in [0.2, 0.25) is 0 Å². The van der Waals surface area contributed by atoms with Crippen molar-refractivity contribution < 1.29 is 27.5 Å². The summed E-state index contributed by atoms with van der Waals surface area (Å²) in [6.45, 7) is -1.23. The van der Waals surface area contributed by atoms with Crippen molar-refractivity contribution in [3.05, 3.63) is 28.7 Å². The van der Waals surface area contributed by atoms with E-state index in [1.165, 1.54) is 23.0 Å². The van der Waals surface area contributed by atoms with Crippen LogP contribution in [0.3, 0.4) is 0 Å². The minimum Gasteiger partial charge on any atom is -0.437 e. The molecular formula is C15H13BrF2N4O4. The van der Waals surface area contributed by atoms with Crippen LogP contribution in [0.25, 0.3) is 11.1 Å². The smallest absolute Gasteiger partial charge is 0.418 e. The summed E-state index contributed by atoms with van der Waals surface area (Å²) in [5, 5.41) is 6.48. The fourth-order valence-electron chi connectivity index (χ4n) is 2.20. The fraction of sp³-hybridized carbons (Fsp3) is 0.267. The molecule has 0 atom stereocenters. The molecular weight excluding hydrogens is 418 g/mol. The van der Waals surface area contributed by atoms with E-state index in [1.807, 2.05) is 0 Å². The molecule has 1 N–H and O–H groups in total. The van der Waals surface area contributed by atoms with Crippen molar-refractivity contribution >= 4 is 38.9 Å². The van der Waals surface area contributed by atoms with Crippen molar-refractivity contribution in [1.82, 2.24) is 14.8 Å². The molecule has 1 amide bonds. The number of carbonyl (C=O) groups excluding carboxylic acids is 1. The van der Waals surface area contributed by atoms with Gasteiger partial charge in [0.15, 0.2) is 22.9 Å². The van der Waals surface area contributed by atoms with Crippen LogP contribution >= 0.6 is 15.9 Å². The maximum Gasteiger partial charge on any atom is 0.418 e. The fourth-order valence-corrected chi connectivity index (χ4v) is 2.65. The molecule has 2 heterocycles. The van der Waals surface area contributed by atoms with Gasteiger partial charge in [-0.15, -0.1) is 0 Å². The van der Waals surface area contributed by atoms with Gasteiger partial charge in [-0.3, -0.25) is 10.00 Å². The number of oxazole rings is 1. The van der Waals surface area contributed by atoms with Crippen molar-refractivity contribution in [1.29, 1.82) is 0 Å². The van der Waals surface area contributed by atoms with Gasteiger partial charge in [0.25, 0.3) is 0 Å². The molecule has 0 radical (unpaired) electrons. The molecule has 0 saturated heterocycles. The first-order valence-electron chi connectivity index (χ1n) is 7.42. The van der Waals surface area contributed by atoms with E-state index in [9.17, 15) is 13.6 Å². The molecule has 0 aliphatic heterocycles. The van der Waals surface area contributed by atoms with E-state index in [2.05, 4.69) is 36.1 Å². The third kappa shape index (κ3) is 3.62. The van der Waals surface area contributed by atoms with Crippen LogP contribution in [0, 0.1) is 0 Å². The molecule has 3 aromatic rings. The first-order valence-corrected chi connectivity index (χ1v) is 8.22. The average molecular weight is 431 g/mol. The van der Waals surface area contributed by atoms with Gasteiger partial charge in [-0.25, -0.2) is 9.78 Å². The number of anilines is 1. The third-order valence-electron chi connectivity index (χ3n) is 3.35. The molecule has 2 aromatic heterocycles. The molecule has 0 bridgehead atoms. The molecule has 1 aromatic carbocycles. The Kier molecular flexibility index (Phi) is 5.07. The molecule has 11 heteroatoms. The lowest BCUT2D eigenvalue weighted by Gasteiger charge is -2.09. The Labute approximate surface area is 154 Å². The molecule has 0 aliphatic rings. The predicted octanol–water partition coefficient (Wildman–Crippen LogP) is 4.10. The van der Waals surface area contributed by atoms with Crippen LogP contribution in [0.1, 0.15) is 12.8 Å². The van der Waals surface area contributed by atoms with Gasteiger partial charge < -0.3 is 13.9 Å². The van der Waals surface area contributed by atoms with Crippen LogP contribution in [0.4, 0.5) is 19.4 Å². The number of fused-ring (bicyclic) bond motifs is 1. The number of aromatic nitrogens is 3. The number of hydrogen-bond donors (Lipinski definition) is 1. The highest BCUT2D eigenvalue weighted by molar-refractivity contribution is 9.10. The Balaban J connectivity index is 1.90. The molecule has 0 spiro atoms. The van der Waals surface area contributed by atoms with Crippen molar-refractivity contribution in [3.63, 3.8) is 0 Å². The Hall–Kier alpha value is -2.69. The second kappa shape index (κ2) is 7.28. The minimum absolute atomic E-state index is 0.0182. The zero-order valence-corrected chi connectivity index (χ0v) is 15.2. The van der Waals surface area contributed by atoms with Crippen LogP contribution in [-0.4, -0.2) is 27.5 Å². The van der Waals surface area contributed by atoms with Gasteiger partial charge in [0.2, 0.25) is 5.58 Å². The van der Waals surface area contributed by atoms with Gasteiger partial charge >= 0.3 is 12.7 Å².